The molecule has 1 aromatic heterocycles. The van der Waals surface area contributed by atoms with Crippen molar-refractivity contribution in [3.63, 3.8) is 0 Å². The summed E-state index contributed by atoms with van der Waals surface area (Å²) >= 11 is 0. The van der Waals surface area contributed by atoms with Gasteiger partial charge in [-0.2, -0.15) is 0 Å². The SMILES string of the molecule is CC(C)(C)c1ccc(NCCF)nc1. The predicted octanol–water partition coefficient (Wildman–Crippen LogP) is 2.76. The summed E-state index contributed by atoms with van der Waals surface area (Å²) in [6.07, 6.45) is 1.83. The third kappa shape index (κ3) is 2.98. The molecule has 1 N–H and O–H groups in total. The van der Waals surface area contributed by atoms with Gasteiger partial charge in [0.25, 0.3) is 0 Å². The van der Waals surface area contributed by atoms with Crippen LogP contribution in [0.3, 0.4) is 0 Å². The van der Waals surface area contributed by atoms with Crippen molar-refractivity contribution in [2.45, 2.75) is 26.2 Å². The summed E-state index contributed by atoms with van der Waals surface area (Å²) in [4.78, 5) is 4.20. The minimum absolute atomic E-state index is 0.117. The first-order valence-corrected chi connectivity index (χ1v) is 4.80. The average Bonchev–Trinajstić information content (AvgIpc) is 2.14. The second-order valence-corrected chi connectivity index (χ2v) is 4.30. The molecule has 1 rings (SSSR count). The molecule has 2 nitrogen and oxygen atoms in total. The number of alkyl halides is 1. The Labute approximate surface area is 84.6 Å². The highest BCUT2D eigenvalue weighted by molar-refractivity contribution is 5.36. The molecule has 1 heterocycles. The van der Waals surface area contributed by atoms with Crippen molar-refractivity contribution in [1.82, 2.24) is 4.98 Å². The quantitative estimate of drug-likeness (QED) is 0.804. The fourth-order valence-corrected chi connectivity index (χ4v) is 1.12. The van der Waals surface area contributed by atoms with Gasteiger partial charge in [-0.25, -0.2) is 9.37 Å². The molecule has 0 bridgehead atoms. The number of hydrogen-bond donors (Lipinski definition) is 1. The third-order valence-electron chi connectivity index (χ3n) is 2.03. The van der Waals surface area contributed by atoms with Gasteiger partial charge in [0.15, 0.2) is 0 Å². The van der Waals surface area contributed by atoms with Crippen molar-refractivity contribution in [1.29, 1.82) is 0 Å². The Morgan fingerprint density at radius 3 is 2.50 bits per heavy atom. The van der Waals surface area contributed by atoms with Crippen LogP contribution in [-0.4, -0.2) is 18.2 Å². The maximum Gasteiger partial charge on any atom is 0.125 e. The molecule has 0 aliphatic carbocycles. The van der Waals surface area contributed by atoms with E-state index in [-0.39, 0.29) is 12.1 Å². The Morgan fingerprint density at radius 1 is 1.36 bits per heavy atom. The molecule has 0 aromatic carbocycles. The third-order valence-corrected chi connectivity index (χ3v) is 2.03. The van der Waals surface area contributed by atoms with E-state index in [0.29, 0.717) is 6.54 Å². The van der Waals surface area contributed by atoms with Crippen LogP contribution in [0.1, 0.15) is 26.3 Å². The van der Waals surface area contributed by atoms with Crippen molar-refractivity contribution >= 4 is 5.82 Å². The fourth-order valence-electron chi connectivity index (χ4n) is 1.12. The number of rotatable bonds is 3. The summed E-state index contributed by atoms with van der Waals surface area (Å²) < 4.78 is 11.9. The highest BCUT2D eigenvalue weighted by atomic mass is 19.1. The highest BCUT2D eigenvalue weighted by Gasteiger charge is 2.13. The lowest BCUT2D eigenvalue weighted by atomic mass is 9.88. The van der Waals surface area contributed by atoms with E-state index in [2.05, 4.69) is 31.1 Å². The summed E-state index contributed by atoms with van der Waals surface area (Å²) in [5.41, 5.74) is 1.30. The first kappa shape index (κ1) is 11.0. The summed E-state index contributed by atoms with van der Waals surface area (Å²) in [5.74, 6) is 0.732. The summed E-state index contributed by atoms with van der Waals surface area (Å²) in [6.45, 7) is 6.36. The van der Waals surface area contributed by atoms with E-state index in [1.165, 1.54) is 5.56 Å². The van der Waals surface area contributed by atoms with Crippen LogP contribution in [0.15, 0.2) is 18.3 Å². The lowest BCUT2D eigenvalue weighted by Crippen LogP contribution is -2.12. The average molecular weight is 196 g/mol. The number of hydrogen-bond acceptors (Lipinski definition) is 2. The maximum atomic E-state index is 11.9. The Hall–Kier alpha value is -1.12. The Bertz CT molecular complexity index is 274. The first-order chi connectivity index (χ1) is 6.54. The fraction of sp³-hybridized carbons (Fsp3) is 0.545. The van der Waals surface area contributed by atoms with E-state index in [1.54, 1.807) is 0 Å². The summed E-state index contributed by atoms with van der Waals surface area (Å²) in [5, 5.41) is 2.89. The minimum atomic E-state index is -0.372. The van der Waals surface area contributed by atoms with Crippen LogP contribution in [0.4, 0.5) is 10.2 Å². The molecule has 0 saturated heterocycles. The summed E-state index contributed by atoms with van der Waals surface area (Å²) in [7, 11) is 0. The van der Waals surface area contributed by atoms with E-state index in [1.807, 2.05) is 18.3 Å². The molecule has 0 atom stereocenters. The van der Waals surface area contributed by atoms with Gasteiger partial charge in [0.2, 0.25) is 0 Å². The Morgan fingerprint density at radius 2 is 2.07 bits per heavy atom. The van der Waals surface area contributed by atoms with Crippen molar-refractivity contribution in [3.8, 4) is 0 Å². The molecule has 14 heavy (non-hydrogen) atoms. The Kier molecular flexibility index (Phi) is 3.44. The van der Waals surface area contributed by atoms with Crippen molar-refractivity contribution in [2.24, 2.45) is 0 Å². The Balaban J connectivity index is 2.69. The zero-order valence-corrected chi connectivity index (χ0v) is 8.97. The van der Waals surface area contributed by atoms with E-state index in [9.17, 15) is 4.39 Å². The molecule has 0 spiro atoms. The number of aromatic nitrogens is 1. The van der Waals surface area contributed by atoms with Gasteiger partial charge in [-0.3, -0.25) is 0 Å². The van der Waals surface area contributed by atoms with E-state index in [4.69, 9.17) is 0 Å². The molecular weight excluding hydrogens is 179 g/mol. The number of halogens is 1. The second-order valence-electron chi connectivity index (χ2n) is 4.30. The van der Waals surface area contributed by atoms with Gasteiger partial charge in [0.1, 0.15) is 12.5 Å². The van der Waals surface area contributed by atoms with E-state index >= 15 is 0 Å². The van der Waals surface area contributed by atoms with Gasteiger partial charge < -0.3 is 5.32 Å². The minimum Gasteiger partial charge on any atom is -0.367 e. The second kappa shape index (κ2) is 4.40. The molecule has 0 saturated carbocycles. The van der Waals surface area contributed by atoms with Gasteiger partial charge in [0, 0.05) is 12.7 Å². The van der Waals surface area contributed by atoms with E-state index in [0.717, 1.165) is 5.82 Å². The highest BCUT2D eigenvalue weighted by Crippen LogP contribution is 2.21. The van der Waals surface area contributed by atoms with Gasteiger partial charge in [-0.15, -0.1) is 0 Å². The number of anilines is 1. The van der Waals surface area contributed by atoms with Gasteiger partial charge in [-0.1, -0.05) is 26.8 Å². The van der Waals surface area contributed by atoms with Crippen molar-refractivity contribution in [2.75, 3.05) is 18.5 Å². The van der Waals surface area contributed by atoms with Crippen LogP contribution in [0.5, 0.6) is 0 Å². The molecule has 0 aliphatic rings. The number of pyridine rings is 1. The molecule has 0 unspecified atom stereocenters. The van der Waals surface area contributed by atoms with Crippen LogP contribution in [0, 0.1) is 0 Å². The maximum absolute atomic E-state index is 11.9. The van der Waals surface area contributed by atoms with Crippen LogP contribution in [0.2, 0.25) is 0 Å². The topological polar surface area (TPSA) is 24.9 Å². The summed E-state index contributed by atoms with van der Waals surface area (Å²) in [6, 6.07) is 3.91. The first-order valence-electron chi connectivity index (χ1n) is 4.80. The molecule has 0 amide bonds. The zero-order chi connectivity index (χ0) is 10.6. The largest absolute Gasteiger partial charge is 0.367 e. The molecule has 78 valence electrons. The van der Waals surface area contributed by atoms with Crippen LogP contribution in [-0.2, 0) is 5.41 Å². The van der Waals surface area contributed by atoms with Gasteiger partial charge in [0.05, 0.1) is 0 Å². The normalized spacial score (nSPS) is 11.4. The molecule has 0 aliphatic heterocycles. The number of nitrogens with zero attached hydrogens (tertiary/aromatic N) is 1. The van der Waals surface area contributed by atoms with Crippen LogP contribution in [0.25, 0.3) is 0 Å². The smallest absolute Gasteiger partial charge is 0.125 e. The predicted molar refractivity (Wildman–Crippen MR) is 57.4 cm³/mol. The van der Waals surface area contributed by atoms with Gasteiger partial charge >= 0.3 is 0 Å². The van der Waals surface area contributed by atoms with Crippen molar-refractivity contribution in [3.05, 3.63) is 23.9 Å². The lowest BCUT2D eigenvalue weighted by molar-refractivity contribution is 0.512. The standard InChI is InChI=1S/C11H17FN2/c1-11(2,3)9-4-5-10(14-8-9)13-7-6-12/h4-5,8H,6-7H2,1-3H3,(H,13,14). The number of nitrogens with one attached hydrogen (secondary N) is 1. The van der Waals surface area contributed by atoms with Crippen molar-refractivity contribution < 1.29 is 4.39 Å². The zero-order valence-electron chi connectivity index (χ0n) is 8.97. The lowest BCUT2D eigenvalue weighted by Gasteiger charge is -2.18. The molecule has 0 fully saturated rings. The van der Waals surface area contributed by atoms with Crippen LogP contribution < -0.4 is 5.32 Å². The van der Waals surface area contributed by atoms with Crippen LogP contribution >= 0.6 is 0 Å². The van der Waals surface area contributed by atoms with E-state index < -0.39 is 0 Å². The monoisotopic (exact) mass is 196 g/mol. The molecular formula is C11H17FN2. The molecule has 0 radical (unpaired) electrons. The van der Waals surface area contributed by atoms with Gasteiger partial charge in [-0.05, 0) is 17.0 Å². The molecule has 1 aromatic rings. The molecule has 3 heteroatoms.